The van der Waals surface area contributed by atoms with E-state index in [0.717, 1.165) is 5.75 Å². The molecule has 0 spiro atoms. The second-order valence-corrected chi connectivity index (χ2v) is 13.3. The van der Waals surface area contributed by atoms with Gasteiger partial charge in [0.05, 0.1) is 6.10 Å². The number of hydrogen-bond acceptors (Lipinski definition) is 2. The van der Waals surface area contributed by atoms with Gasteiger partial charge in [-0.1, -0.05) is 65.4 Å². The normalized spacial score (nSPS) is 23.9. The van der Waals surface area contributed by atoms with Gasteiger partial charge in [0.2, 0.25) is 8.32 Å². The van der Waals surface area contributed by atoms with Crippen LogP contribution in [0, 0.1) is 0 Å². The summed E-state index contributed by atoms with van der Waals surface area (Å²) in [7, 11) is -2.07. The highest BCUT2D eigenvalue weighted by atomic mass is 28.4. The topological polar surface area (TPSA) is 18.5 Å². The van der Waals surface area contributed by atoms with Crippen molar-refractivity contribution in [2.24, 2.45) is 0 Å². The summed E-state index contributed by atoms with van der Waals surface area (Å²) in [6.07, 6.45) is 0.0973. The van der Waals surface area contributed by atoms with E-state index in [4.69, 9.17) is 9.16 Å². The molecule has 0 N–H and O–H groups in total. The van der Waals surface area contributed by atoms with E-state index in [0.29, 0.717) is 6.61 Å². The maximum absolute atomic E-state index is 6.87. The average Bonchev–Trinajstić information content (AvgIpc) is 2.79. The van der Waals surface area contributed by atoms with E-state index >= 15 is 0 Å². The van der Waals surface area contributed by atoms with E-state index in [-0.39, 0.29) is 16.2 Å². The summed E-state index contributed by atoms with van der Waals surface area (Å²) in [5.74, 6) is 0.979. The number of fused-ring (bicyclic) bond motifs is 3. The van der Waals surface area contributed by atoms with Crippen LogP contribution in [0.2, 0.25) is 10.1 Å². The molecular weight excluding hydrogens is 276 g/mol. The van der Waals surface area contributed by atoms with Gasteiger partial charge in [0.25, 0.3) is 0 Å². The summed E-state index contributed by atoms with van der Waals surface area (Å²) >= 11 is 0. The fourth-order valence-corrected chi connectivity index (χ4v) is 9.21. The fourth-order valence-electron chi connectivity index (χ4n) is 3.91. The van der Waals surface area contributed by atoms with Crippen molar-refractivity contribution in [1.29, 1.82) is 0 Å². The van der Waals surface area contributed by atoms with Crippen LogP contribution in [0.1, 0.15) is 53.2 Å². The number of hydrogen-bond donors (Lipinski definition) is 0. The van der Waals surface area contributed by atoms with Gasteiger partial charge in [-0.05, 0) is 21.7 Å². The molecule has 1 aromatic rings. The highest BCUT2D eigenvalue weighted by Crippen LogP contribution is 2.59. The third-order valence-electron chi connectivity index (χ3n) is 4.85. The van der Waals surface area contributed by atoms with Crippen LogP contribution in [0.25, 0.3) is 0 Å². The molecule has 114 valence electrons. The first kappa shape index (κ1) is 14.9. The van der Waals surface area contributed by atoms with Crippen molar-refractivity contribution in [1.82, 2.24) is 0 Å². The Morgan fingerprint density at radius 1 is 1.00 bits per heavy atom. The van der Waals surface area contributed by atoms with E-state index in [1.54, 1.807) is 0 Å². The minimum absolute atomic E-state index is 0.0973. The molecule has 2 aliphatic rings. The van der Waals surface area contributed by atoms with Gasteiger partial charge >= 0.3 is 0 Å². The van der Waals surface area contributed by atoms with Crippen LogP contribution in [-0.4, -0.2) is 14.9 Å². The standard InChI is InChI=1S/C18H26O2Si/c1-17(2,3)21(18(4,5)6)12-13-11-19-15-10-8-7-9-14(15)16(13)20-21/h7-10,12,16H,11H2,1-6H3. The lowest BCUT2D eigenvalue weighted by atomic mass is 10.0. The molecule has 0 saturated heterocycles. The number of rotatable bonds is 0. The molecule has 2 aliphatic heterocycles. The summed E-state index contributed by atoms with van der Waals surface area (Å²) in [4.78, 5) is 0. The molecule has 0 bridgehead atoms. The second kappa shape index (κ2) is 4.47. The minimum Gasteiger partial charge on any atom is -0.489 e. The van der Waals surface area contributed by atoms with Crippen LogP contribution in [0.4, 0.5) is 0 Å². The first-order chi connectivity index (χ1) is 9.66. The predicted octanol–water partition coefficient (Wildman–Crippen LogP) is 5.16. The van der Waals surface area contributed by atoms with Crippen molar-refractivity contribution >= 4 is 8.32 Å². The Morgan fingerprint density at radius 3 is 2.24 bits per heavy atom. The summed E-state index contributed by atoms with van der Waals surface area (Å²) in [6, 6.07) is 8.29. The SMILES string of the molecule is CC(C)(C)[Si]1(C(C)(C)C)C=C2COc3ccccc3C2O1. The van der Waals surface area contributed by atoms with Crippen molar-refractivity contribution in [3.8, 4) is 5.75 Å². The van der Waals surface area contributed by atoms with Crippen molar-refractivity contribution in [2.45, 2.75) is 57.7 Å². The molecule has 3 heteroatoms. The lowest BCUT2D eigenvalue weighted by molar-refractivity contribution is 0.181. The molecule has 3 rings (SSSR count). The quantitative estimate of drug-likeness (QED) is 0.616. The summed E-state index contributed by atoms with van der Waals surface area (Å²) in [5.41, 5.74) is 5.00. The molecular formula is C18H26O2Si. The van der Waals surface area contributed by atoms with Gasteiger partial charge in [0.15, 0.2) is 0 Å². The van der Waals surface area contributed by atoms with Crippen molar-refractivity contribution in [3.63, 3.8) is 0 Å². The third-order valence-corrected chi connectivity index (χ3v) is 10.7. The van der Waals surface area contributed by atoms with Crippen LogP contribution in [-0.2, 0) is 4.43 Å². The minimum atomic E-state index is -2.07. The van der Waals surface area contributed by atoms with Crippen molar-refractivity contribution in [3.05, 3.63) is 41.1 Å². The zero-order valence-electron chi connectivity index (χ0n) is 14.0. The van der Waals surface area contributed by atoms with Crippen LogP contribution in [0.3, 0.4) is 0 Å². The van der Waals surface area contributed by atoms with Gasteiger partial charge in [-0.3, -0.25) is 0 Å². The smallest absolute Gasteiger partial charge is 0.229 e. The van der Waals surface area contributed by atoms with E-state index in [9.17, 15) is 0 Å². The van der Waals surface area contributed by atoms with Gasteiger partial charge in [0.1, 0.15) is 12.4 Å². The molecule has 1 atom stereocenters. The molecule has 0 radical (unpaired) electrons. The molecule has 0 aliphatic carbocycles. The van der Waals surface area contributed by atoms with Crippen molar-refractivity contribution in [2.75, 3.05) is 6.61 Å². The van der Waals surface area contributed by atoms with Crippen LogP contribution in [0.15, 0.2) is 35.5 Å². The number of benzene rings is 1. The third kappa shape index (κ3) is 2.09. The Kier molecular flexibility index (Phi) is 3.16. The second-order valence-electron chi connectivity index (χ2n) is 8.28. The van der Waals surface area contributed by atoms with Gasteiger partial charge in [-0.25, -0.2) is 0 Å². The van der Waals surface area contributed by atoms with Gasteiger partial charge in [0, 0.05) is 5.56 Å². The molecule has 0 amide bonds. The largest absolute Gasteiger partial charge is 0.489 e. The molecule has 0 fully saturated rings. The first-order valence-electron chi connectivity index (χ1n) is 7.77. The van der Waals surface area contributed by atoms with Crippen molar-refractivity contribution < 1.29 is 9.16 Å². The highest BCUT2D eigenvalue weighted by molar-refractivity contribution is 6.84. The fraction of sp³-hybridized carbons (Fsp3) is 0.556. The lowest BCUT2D eigenvalue weighted by Gasteiger charge is -2.47. The zero-order valence-corrected chi connectivity index (χ0v) is 15.0. The molecule has 2 nitrogen and oxygen atoms in total. The lowest BCUT2D eigenvalue weighted by Crippen LogP contribution is -2.51. The predicted molar refractivity (Wildman–Crippen MR) is 89.0 cm³/mol. The van der Waals surface area contributed by atoms with Gasteiger partial charge < -0.3 is 9.16 Å². The Balaban J connectivity index is 2.11. The zero-order chi connectivity index (χ0) is 15.5. The molecule has 1 aromatic carbocycles. The maximum atomic E-state index is 6.87. The molecule has 0 aromatic heterocycles. The van der Waals surface area contributed by atoms with E-state index in [1.165, 1.54) is 11.1 Å². The number of ether oxygens (including phenoxy) is 1. The van der Waals surface area contributed by atoms with Gasteiger partial charge in [-0.2, -0.15) is 0 Å². The van der Waals surface area contributed by atoms with E-state index in [2.05, 4.69) is 59.4 Å². The monoisotopic (exact) mass is 302 g/mol. The Bertz CT molecular complexity index is 576. The Labute approximate surface area is 129 Å². The highest BCUT2D eigenvalue weighted by Gasteiger charge is 2.59. The molecule has 0 saturated carbocycles. The van der Waals surface area contributed by atoms with Crippen LogP contribution >= 0.6 is 0 Å². The average molecular weight is 302 g/mol. The van der Waals surface area contributed by atoms with E-state index < -0.39 is 8.32 Å². The Morgan fingerprint density at radius 2 is 1.62 bits per heavy atom. The molecule has 21 heavy (non-hydrogen) atoms. The van der Waals surface area contributed by atoms with Crippen LogP contribution in [0.5, 0.6) is 5.75 Å². The summed E-state index contributed by atoms with van der Waals surface area (Å²) in [5, 5.41) is 0.315. The maximum Gasteiger partial charge on any atom is 0.229 e. The summed E-state index contributed by atoms with van der Waals surface area (Å²) in [6.45, 7) is 14.6. The summed E-state index contributed by atoms with van der Waals surface area (Å²) < 4.78 is 12.8. The molecule has 1 unspecified atom stereocenters. The molecule has 2 heterocycles. The van der Waals surface area contributed by atoms with Crippen LogP contribution < -0.4 is 4.74 Å². The van der Waals surface area contributed by atoms with Gasteiger partial charge in [-0.15, -0.1) is 0 Å². The van der Waals surface area contributed by atoms with E-state index in [1.807, 2.05) is 12.1 Å². The first-order valence-corrected chi connectivity index (χ1v) is 9.75. The number of para-hydroxylation sites is 1. The Hall–Kier alpha value is -1.06.